The van der Waals surface area contributed by atoms with Gasteiger partial charge in [0, 0.05) is 6.42 Å². The second kappa shape index (κ2) is 41.8. The van der Waals surface area contributed by atoms with Crippen molar-refractivity contribution in [2.45, 2.75) is 245 Å². The van der Waals surface area contributed by atoms with E-state index in [1.54, 1.807) is 6.26 Å². The van der Waals surface area contributed by atoms with Crippen LogP contribution in [0.5, 0.6) is 0 Å². The Hall–Kier alpha value is -0.920. The largest absolute Gasteiger partial charge is 0.498 e. The van der Waals surface area contributed by atoms with Crippen molar-refractivity contribution in [1.29, 1.82) is 0 Å². The zero-order valence-corrected chi connectivity index (χ0v) is 39.5. The lowest BCUT2D eigenvalue weighted by atomic mass is 10.0. The highest BCUT2D eigenvalue weighted by Crippen LogP contribution is 2.43. The summed E-state index contributed by atoms with van der Waals surface area (Å²) in [6.45, 7) is 4.98. The van der Waals surface area contributed by atoms with Crippen LogP contribution in [0.1, 0.15) is 239 Å². The zero-order valence-electron chi connectivity index (χ0n) is 38.6. The molecule has 0 amide bonds. The minimum absolute atomic E-state index is 0.0544. The lowest BCUT2D eigenvalue weighted by Gasteiger charge is -2.24. The van der Waals surface area contributed by atoms with Gasteiger partial charge in [0.1, 0.15) is 19.8 Å². The molecule has 1 unspecified atom stereocenters. The van der Waals surface area contributed by atoms with Crippen molar-refractivity contribution in [1.82, 2.24) is 0 Å². The van der Waals surface area contributed by atoms with E-state index in [4.69, 9.17) is 18.5 Å². The molecule has 0 aliphatic carbocycles. The Bertz CT molecular complexity index is 925. The number of unbranched alkanes of at least 4 members (excludes halogenated alkanes) is 32. The average molecular weight is 831 g/mol. The first-order valence-corrected chi connectivity index (χ1v) is 26.0. The molecule has 8 nitrogen and oxygen atoms in total. The van der Waals surface area contributed by atoms with Gasteiger partial charge in [0.15, 0.2) is 6.10 Å². The molecule has 340 valence electrons. The monoisotopic (exact) mass is 831 g/mol. The number of ether oxygens (including phenoxy) is 2. The van der Waals surface area contributed by atoms with E-state index in [1.807, 2.05) is 27.2 Å². The van der Waals surface area contributed by atoms with Crippen molar-refractivity contribution in [3.05, 3.63) is 12.3 Å². The molecular formula is C48H97NO7P+. The molecule has 0 aliphatic heterocycles. The molecule has 0 saturated heterocycles. The average Bonchev–Trinajstić information content (AvgIpc) is 3.16. The standard InChI is InChI=1S/C48H96NO7P/c1-6-8-10-12-14-16-18-20-22-23-24-25-26-27-28-29-31-33-35-37-39-41-48(50)56-47(46-55-57(51,52)54-44-42-49(3,4)5)45-53-43-40-38-36-34-32-30-21-19-17-15-13-11-9-7-2/h40,43,47H,6-39,41-42,44-46H2,1-5H3/p+1/b43-40+/t47-/m1/s1. The summed E-state index contributed by atoms with van der Waals surface area (Å²) in [6.07, 6.45) is 47.8. The topological polar surface area (TPSA) is 91.3 Å². The summed E-state index contributed by atoms with van der Waals surface area (Å²) < 4.78 is 34.8. The van der Waals surface area contributed by atoms with E-state index in [2.05, 4.69) is 13.8 Å². The fraction of sp³-hybridized carbons (Fsp3) is 0.938. The Balaban J connectivity index is 4.14. The van der Waals surface area contributed by atoms with Crippen molar-refractivity contribution >= 4 is 13.8 Å². The Morgan fingerprint density at radius 3 is 1.30 bits per heavy atom. The first-order chi connectivity index (χ1) is 27.6. The Morgan fingerprint density at radius 2 is 0.912 bits per heavy atom. The smallest absolute Gasteiger partial charge is 0.472 e. The SMILES string of the molecule is CCCCCCCCCCCCCC/C=C/OC[C@H](COP(=O)(O)OCC[N+](C)(C)C)OC(=O)CCCCCCCCCCCCCCCCCCCCCCC. The summed E-state index contributed by atoms with van der Waals surface area (Å²) in [5.41, 5.74) is 0. The maximum absolute atomic E-state index is 12.7. The summed E-state index contributed by atoms with van der Waals surface area (Å²) in [6, 6.07) is 0. The minimum atomic E-state index is -4.29. The van der Waals surface area contributed by atoms with Crippen LogP contribution < -0.4 is 0 Å². The van der Waals surface area contributed by atoms with Crippen molar-refractivity contribution in [2.75, 3.05) is 47.5 Å². The normalized spacial score (nSPS) is 13.6. The Labute approximate surface area is 354 Å². The number of rotatable bonds is 46. The van der Waals surface area contributed by atoms with Gasteiger partial charge in [0.2, 0.25) is 0 Å². The predicted octanol–water partition coefficient (Wildman–Crippen LogP) is 15.0. The first-order valence-electron chi connectivity index (χ1n) is 24.5. The van der Waals surface area contributed by atoms with Crippen LogP contribution in [0.25, 0.3) is 0 Å². The highest BCUT2D eigenvalue weighted by atomic mass is 31.2. The summed E-state index contributed by atoms with van der Waals surface area (Å²) in [5, 5.41) is 0. The quantitative estimate of drug-likeness (QED) is 0.0215. The van der Waals surface area contributed by atoms with Gasteiger partial charge < -0.3 is 18.9 Å². The molecule has 9 heteroatoms. The summed E-state index contributed by atoms with van der Waals surface area (Å²) in [4.78, 5) is 22.9. The van der Waals surface area contributed by atoms with Gasteiger partial charge in [-0.15, -0.1) is 0 Å². The van der Waals surface area contributed by atoms with Crippen LogP contribution in [0.15, 0.2) is 12.3 Å². The number of phosphoric ester groups is 1. The molecule has 0 aromatic heterocycles. The van der Waals surface area contributed by atoms with Gasteiger partial charge in [-0.1, -0.05) is 213 Å². The molecule has 0 heterocycles. The Kier molecular flexibility index (Phi) is 41.1. The summed E-state index contributed by atoms with van der Waals surface area (Å²) in [5.74, 6) is -0.329. The number of hydrogen-bond acceptors (Lipinski definition) is 6. The molecule has 0 radical (unpaired) electrons. The molecule has 0 aliphatic rings. The van der Waals surface area contributed by atoms with Gasteiger partial charge in [-0.2, -0.15) is 0 Å². The molecular weight excluding hydrogens is 734 g/mol. The van der Waals surface area contributed by atoms with E-state index < -0.39 is 13.9 Å². The van der Waals surface area contributed by atoms with Crippen molar-refractivity contribution in [3.8, 4) is 0 Å². The fourth-order valence-electron chi connectivity index (χ4n) is 7.11. The van der Waals surface area contributed by atoms with E-state index in [9.17, 15) is 14.3 Å². The molecule has 0 spiro atoms. The first kappa shape index (κ1) is 56.1. The third-order valence-corrected chi connectivity index (χ3v) is 11.9. The molecule has 0 aromatic carbocycles. The van der Waals surface area contributed by atoms with Crippen LogP contribution in [0.4, 0.5) is 0 Å². The van der Waals surface area contributed by atoms with Crippen LogP contribution in [-0.2, 0) is 27.9 Å². The second-order valence-electron chi connectivity index (χ2n) is 17.9. The number of phosphoric acid groups is 1. The van der Waals surface area contributed by atoms with E-state index >= 15 is 0 Å². The highest BCUT2D eigenvalue weighted by molar-refractivity contribution is 7.47. The van der Waals surface area contributed by atoms with E-state index in [0.29, 0.717) is 17.4 Å². The molecule has 2 atom stereocenters. The molecule has 57 heavy (non-hydrogen) atoms. The van der Waals surface area contributed by atoms with E-state index in [0.717, 1.165) is 32.1 Å². The molecule has 0 bridgehead atoms. The third kappa shape index (κ3) is 46.0. The van der Waals surface area contributed by atoms with Gasteiger partial charge in [-0.05, 0) is 25.3 Å². The van der Waals surface area contributed by atoms with Gasteiger partial charge in [0.25, 0.3) is 0 Å². The summed E-state index contributed by atoms with van der Waals surface area (Å²) >= 11 is 0. The summed E-state index contributed by atoms with van der Waals surface area (Å²) in [7, 11) is 1.65. The van der Waals surface area contributed by atoms with Crippen LogP contribution in [0.3, 0.4) is 0 Å². The molecule has 0 fully saturated rings. The van der Waals surface area contributed by atoms with Gasteiger partial charge in [0.05, 0.1) is 34.0 Å². The van der Waals surface area contributed by atoms with Gasteiger partial charge in [-0.3, -0.25) is 13.8 Å². The number of nitrogens with zero attached hydrogens (tertiary/aromatic N) is 1. The van der Waals surface area contributed by atoms with Crippen LogP contribution in [0, 0.1) is 0 Å². The molecule has 1 N–H and O–H groups in total. The van der Waals surface area contributed by atoms with Crippen LogP contribution in [0.2, 0.25) is 0 Å². The van der Waals surface area contributed by atoms with Gasteiger partial charge in [-0.25, -0.2) is 4.57 Å². The minimum Gasteiger partial charge on any atom is -0.498 e. The molecule has 0 rings (SSSR count). The van der Waals surface area contributed by atoms with Gasteiger partial charge >= 0.3 is 13.8 Å². The molecule has 0 saturated carbocycles. The van der Waals surface area contributed by atoms with Crippen molar-refractivity contribution < 1.29 is 37.3 Å². The Morgan fingerprint density at radius 1 is 0.544 bits per heavy atom. The second-order valence-corrected chi connectivity index (χ2v) is 19.4. The number of hydrogen-bond donors (Lipinski definition) is 1. The number of allylic oxidation sites excluding steroid dienone is 1. The highest BCUT2D eigenvalue weighted by Gasteiger charge is 2.26. The molecule has 0 aromatic rings. The van der Waals surface area contributed by atoms with Crippen LogP contribution in [-0.4, -0.2) is 69.0 Å². The van der Waals surface area contributed by atoms with Crippen molar-refractivity contribution in [2.24, 2.45) is 0 Å². The number of carbonyl (C=O) groups is 1. The maximum atomic E-state index is 12.7. The number of likely N-dealkylation sites (N-methyl/N-ethyl adjacent to an activating group) is 1. The predicted molar refractivity (Wildman–Crippen MR) is 243 cm³/mol. The lowest BCUT2D eigenvalue weighted by Crippen LogP contribution is -2.37. The van der Waals surface area contributed by atoms with Crippen molar-refractivity contribution in [3.63, 3.8) is 0 Å². The lowest BCUT2D eigenvalue weighted by molar-refractivity contribution is -0.870. The number of carbonyl (C=O) groups excluding carboxylic acids is 1. The maximum Gasteiger partial charge on any atom is 0.472 e. The van der Waals surface area contributed by atoms with E-state index in [1.165, 1.54) is 186 Å². The zero-order chi connectivity index (χ0) is 42.0. The number of quaternary nitrogens is 1. The number of esters is 1. The fourth-order valence-corrected chi connectivity index (χ4v) is 7.85. The van der Waals surface area contributed by atoms with Crippen LogP contribution >= 0.6 is 7.82 Å². The third-order valence-electron chi connectivity index (χ3n) is 10.9. The van der Waals surface area contributed by atoms with E-state index in [-0.39, 0.29) is 25.8 Å².